The molecule has 0 radical (unpaired) electrons. The van der Waals surface area contributed by atoms with Gasteiger partial charge in [0.2, 0.25) is 0 Å². The van der Waals surface area contributed by atoms with Crippen LogP contribution in [0.25, 0.3) is 0 Å². The fourth-order valence-electron chi connectivity index (χ4n) is 2.47. The number of benzene rings is 1. The third-order valence-corrected chi connectivity index (χ3v) is 3.60. The molecule has 0 amide bonds. The van der Waals surface area contributed by atoms with E-state index in [1.165, 1.54) is 19.3 Å². The summed E-state index contributed by atoms with van der Waals surface area (Å²) in [5.41, 5.74) is 1.10. The number of piperidine rings is 1. The molecule has 0 atom stereocenters. The zero-order valence-corrected chi connectivity index (χ0v) is 13.1. The Balaban J connectivity index is 1.94. The van der Waals surface area contributed by atoms with Gasteiger partial charge in [0.25, 0.3) is 0 Å². The van der Waals surface area contributed by atoms with E-state index >= 15 is 0 Å². The second-order valence-corrected chi connectivity index (χ2v) is 5.29. The minimum absolute atomic E-state index is 0.783. The predicted molar refractivity (Wildman–Crippen MR) is 88.9 cm³/mol. The lowest BCUT2D eigenvalue weighted by Gasteiger charge is -2.30. The number of nitrogens with zero attached hydrogens (tertiary/aromatic N) is 2. The van der Waals surface area contributed by atoms with Crippen LogP contribution in [0.15, 0.2) is 35.3 Å². The topological polar surface area (TPSA) is 36.9 Å². The van der Waals surface area contributed by atoms with Crippen LogP contribution in [0.5, 0.6) is 0 Å². The summed E-state index contributed by atoms with van der Waals surface area (Å²) in [5.74, 6) is 1.01. The molecule has 1 aromatic carbocycles. The molecular weight excluding hydrogens is 262 g/mol. The lowest BCUT2D eigenvalue weighted by atomic mass is 10.1. The van der Waals surface area contributed by atoms with Crippen molar-refractivity contribution >= 4 is 11.6 Å². The summed E-state index contributed by atoms with van der Waals surface area (Å²) in [7, 11) is 0. The number of guanidine groups is 1. The van der Waals surface area contributed by atoms with E-state index in [-0.39, 0.29) is 0 Å². The zero-order chi connectivity index (χ0) is 14.8. The zero-order valence-electron chi connectivity index (χ0n) is 13.1. The molecule has 1 heterocycles. The highest BCUT2D eigenvalue weighted by molar-refractivity contribution is 5.93. The van der Waals surface area contributed by atoms with Gasteiger partial charge in [0.05, 0.1) is 0 Å². The van der Waals surface area contributed by atoms with Crippen molar-refractivity contribution in [2.24, 2.45) is 4.99 Å². The molecule has 0 unspecified atom stereocenters. The first-order valence-electron chi connectivity index (χ1n) is 8.09. The summed E-state index contributed by atoms with van der Waals surface area (Å²) in [6.07, 6.45) is 4.82. The van der Waals surface area contributed by atoms with Crippen LogP contribution in [0.1, 0.15) is 32.6 Å². The monoisotopic (exact) mass is 289 g/mol. The van der Waals surface area contributed by atoms with Gasteiger partial charge >= 0.3 is 0 Å². The highest BCUT2D eigenvalue weighted by Gasteiger charge is 2.14. The summed E-state index contributed by atoms with van der Waals surface area (Å²) in [4.78, 5) is 7.14. The van der Waals surface area contributed by atoms with Crippen LogP contribution in [0.2, 0.25) is 0 Å². The average molecular weight is 289 g/mol. The summed E-state index contributed by atoms with van der Waals surface area (Å²) in [6, 6.07) is 10.3. The SMILES string of the molecule is CCOCCCN=C(Nc1ccccc1)N1CCCCC1. The third kappa shape index (κ3) is 5.76. The Labute approximate surface area is 128 Å². The van der Waals surface area contributed by atoms with Crippen molar-refractivity contribution in [2.45, 2.75) is 32.6 Å². The fourth-order valence-corrected chi connectivity index (χ4v) is 2.47. The van der Waals surface area contributed by atoms with Gasteiger partial charge in [-0.3, -0.25) is 4.99 Å². The molecule has 4 heteroatoms. The molecule has 4 nitrogen and oxygen atoms in total. The molecule has 1 aliphatic heterocycles. The highest BCUT2D eigenvalue weighted by Crippen LogP contribution is 2.12. The fraction of sp³-hybridized carbons (Fsp3) is 0.588. The summed E-state index contributed by atoms with van der Waals surface area (Å²) in [6.45, 7) is 6.61. The van der Waals surface area contributed by atoms with E-state index in [2.05, 4.69) is 22.3 Å². The van der Waals surface area contributed by atoms with Crippen LogP contribution in [-0.2, 0) is 4.74 Å². The molecule has 0 aliphatic carbocycles. The van der Waals surface area contributed by atoms with Gasteiger partial charge in [-0.1, -0.05) is 18.2 Å². The molecule has 1 fully saturated rings. The van der Waals surface area contributed by atoms with Crippen LogP contribution in [0.4, 0.5) is 5.69 Å². The van der Waals surface area contributed by atoms with Crippen LogP contribution in [0.3, 0.4) is 0 Å². The Morgan fingerprint density at radius 1 is 1.19 bits per heavy atom. The van der Waals surface area contributed by atoms with Crippen LogP contribution in [-0.4, -0.2) is 43.7 Å². The van der Waals surface area contributed by atoms with Gasteiger partial charge in [-0.05, 0) is 44.7 Å². The number of likely N-dealkylation sites (tertiary alicyclic amines) is 1. The Kier molecular flexibility index (Phi) is 7.08. The summed E-state index contributed by atoms with van der Waals surface area (Å²) in [5, 5.41) is 3.47. The van der Waals surface area contributed by atoms with Gasteiger partial charge in [0.15, 0.2) is 5.96 Å². The molecule has 0 saturated carbocycles. The van der Waals surface area contributed by atoms with Crippen molar-refractivity contribution in [3.05, 3.63) is 30.3 Å². The maximum atomic E-state index is 5.38. The first-order chi connectivity index (χ1) is 10.4. The molecule has 0 bridgehead atoms. The average Bonchev–Trinajstić information content (AvgIpc) is 2.55. The van der Waals surface area contributed by atoms with Crippen molar-refractivity contribution in [3.63, 3.8) is 0 Å². The number of para-hydroxylation sites is 1. The van der Waals surface area contributed by atoms with Gasteiger partial charge in [0.1, 0.15) is 0 Å². The second kappa shape index (κ2) is 9.40. The highest BCUT2D eigenvalue weighted by atomic mass is 16.5. The largest absolute Gasteiger partial charge is 0.382 e. The number of aliphatic imine (C=N–C) groups is 1. The standard InChI is InChI=1S/C17H27N3O/c1-2-21-15-9-12-18-17(20-13-7-4-8-14-20)19-16-10-5-3-6-11-16/h3,5-6,10-11H,2,4,7-9,12-15H2,1H3,(H,18,19). The quantitative estimate of drug-likeness (QED) is 0.495. The lowest BCUT2D eigenvalue weighted by Crippen LogP contribution is -2.40. The van der Waals surface area contributed by atoms with Crippen molar-refractivity contribution in [1.82, 2.24) is 4.90 Å². The van der Waals surface area contributed by atoms with Crippen LogP contribution < -0.4 is 5.32 Å². The molecule has 21 heavy (non-hydrogen) atoms. The van der Waals surface area contributed by atoms with Crippen molar-refractivity contribution in [3.8, 4) is 0 Å². The Morgan fingerprint density at radius 3 is 2.67 bits per heavy atom. The first kappa shape index (κ1) is 15.8. The molecule has 116 valence electrons. The molecule has 0 spiro atoms. The maximum absolute atomic E-state index is 5.38. The number of hydrogen-bond acceptors (Lipinski definition) is 2. The lowest BCUT2D eigenvalue weighted by molar-refractivity contribution is 0.146. The molecule has 1 aromatic rings. The predicted octanol–water partition coefficient (Wildman–Crippen LogP) is 3.37. The van der Waals surface area contributed by atoms with E-state index in [4.69, 9.17) is 9.73 Å². The van der Waals surface area contributed by atoms with E-state index < -0.39 is 0 Å². The summed E-state index contributed by atoms with van der Waals surface area (Å²) < 4.78 is 5.38. The first-order valence-corrected chi connectivity index (χ1v) is 8.09. The third-order valence-electron chi connectivity index (χ3n) is 3.60. The van der Waals surface area contributed by atoms with E-state index in [0.717, 1.165) is 50.9 Å². The molecule has 1 N–H and O–H groups in total. The number of anilines is 1. The smallest absolute Gasteiger partial charge is 0.198 e. The van der Waals surface area contributed by atoms with Gasteiger partial charge in [-0.15, -0.1) is 0 Å². The molecule has 2 rings (SSSR count). The van der Waals surface area contributed by atoms with E-state index in [0.29, 0.717) is 0 Å². The second-order valence-electron chi connectivity index (χ2n) is 5.29. The van der Waals surface area contributed by atoms with Gasteiger partial charge in [-0.25, -0.2) is 0 Å². The molecular formula is C17H27N3O. The van der Waals surface area contributed by atoms with E-state index in [1.807, 2.05) is 25.1 Å². The van der Waals surface area contributed by atoms with Crippen molar-refractivity contribution in [2.75, 3.05) is 38.2 Å². The normalized spacial score (nSPS) is 16.0. The van der Waals surface area contributed by atoms with Gasteiger partial charge < -0.3 is 15.0 Å². The Hall–Kier alpha value is -1.55. The minimum Gasteiger partial charge on any atom is -0.382 e. The number of ether oxygens (including phenoxy) is 1. The maximum Gasteiger partial charge on any atom is 0.198 e. The Morgan fingerprint density at radius 2 is 1.95 bits per heavy atom. The van der Waals surface area contributed by atoms with Gasteiger partial charge in [-0.2, -0.15) is 0 Å². The molecule has 1 aliphatic rings. The van der Waals surface area contributed by atoms with Crippen molar-refractivity contribution < 1.29 is 4.74 Å². The number of nitrogens with one attached hydrogen (secondary N) is 1. The van der Waals surface area contributed by atoms with Gasteiger partial charge in [0, 0.05) is 38.5 Å². The van der Waals surface area contributed by atoms with E-state index in [9.17, 15) is 0 Å². The minimum atomic E-state index is 0.783. The number of rotatable bonds is 6. The summed E-state index contributed by atoms with van der Waals surface area (Å²) >= 11 is 0. The van der Waals surface area contributed by atoms with Crippen molar-refractivity contribution in [1.29, 1.82) is 0 Å². The van der Waals surface area contributed by atoms with Crippen LogP contribution >= 0.6 is 0 Å². The van der Waals surface area contributed by atoms with Crippen LogP contribution in [0, 0.1) is 0 Å². The molecule has 1 saturated heterocycles. The number of hydrogen-bond donors (Lipinski definition) is 1. The van der Waals surface area contributed by atoms with E-state index in [1.54, 1.807) is 0 Å². The Bertz CT molecular complexity index is 413. The molecule has 0 aromatic heterocycles.